The first-order chi connectivity index (χ1) is 7.71. The van der Waals surface area contributed by atoms with Gasteiger partial charge >= 0.3 is 5.29 Å². The van der Waals surface area contributed by atoms with Gasteiger partial charge < -0.3 is 12.4 Å². The van der Waals surface area contributed by atoms with Crippen LogP contribution >= 0.6 is 11.6 Å². The van der Waals surface area contributed by atoms with Gasteiger partial charge in [-0.25, -0.2) is 0 Å². The predicted molar refractivity (Wildman–Crippen MR) is 73.6 cm³/mol. The minimum atomic E-state index is 0. The Morgan fingerprint density at radius 1 is 0.882 bits per heavy atom. The van der Waals surface area contributed by atoms with Crippen LogP contribution in [0.15, 0.2) is 0 Å². The summed E-state index contributed by atoms with van der Waals surface area (Å²) in [6.45, 7) is 13.1. The Morgan fingerprint density at radius 3 is 1.59 bits per heavy atom. The number of amidine groups is 1. The Morgan fingerprint density at radius 2 is 1.29 bits per heavy atom. The summed E-state index contributed by atoms with van der Waals surface area (Å²) in [4.78, 5) is 2.31. The van der Waals surface area contributed by atoms with Crippen molar-refractivity contribution in [2.45, 2.75) is 53.4 Å². The first-order valence-electron chi connectivity index (χ1n) is 6.73. The third-order valence-corrected chi connectivity index (χ3v) is 2.97. The Kier molecular flexibility index (Phi) is 14.3. The van der Waals surface area contributed by atoms with Crippen molar-refractivity contribution in [1.82, 2.24) is 4.90 Å². The third-order valence-electron chi connectivity index (χ3n) is 2.50. The molecule has 0 unspecified atom stereocenters. The molecule has 0 saturated heterocycles. The van der Waals surface area contributed by atoms with Gasteiger partial charge in [-0.1, -0.05) is 27.7 Å². The summed E-state index contributed by atoms with van der Waals surface area (Å²) in [6, 6.07) is 0. The molecule has 0 spiro atoms. The number of rotatable bonds is 8. The molecule has 0 rings (SSSR count). The van der Waals surface area contributed by atoms with Gasteiger partial charge in [-0.3, -0.25) is 9.48 Å². The van der Waals surface area contributed by atoms with Gasteiger partial charge in [-0.05, 0) is 25.7 Å². The molecule has 0 heterocycles. The summed E-state index contributed by atoms with van der Waals surface area (Å²) in [7, 11) is 0. The third kappa shape index (κ3) is 7.88. The molecule has 0 aliphatic heterocycles. The summed E-state index contributed by atoms with van der Waals surface area (Å²) in [6.07, 6.45) is 4.62. The molecule has 0 aromatic rings. The van der Waals surface area contributed by atoms with Crippen molar-refractivity contribution in [3.05, 3.63) is 0 Å². The Hall–Kier alpha value is 0.0500. The van der Waals surface area contributed by atoms with Crippen molar-refractivity contribution in [1.29, 1.82) is 0 Å². The van der Waals surface area contributed by atoms with Gasteiger partial charge in [0.1, 0.15) is 0 Å². The topological polar surface area (TPSA) is 6.25 Å². The number of hydrogen-bond acceptors (Lipinski definition) is 0. The van der Waals surface area contributed by atoms with Crippen LogP contribution in [0.1, 0.15) is 53.4 Å². The molecule has 104 valence electrons. The van der Waals surface area contributed by atoms with Crippen LogP contribution in [0, 0.1) is 0 Å². The molecule has 17 heavy (non-hydrogen) atoms. The summed E-state index contributed by atoms with van der Waals surface area (Å²) in [5, 5.41) is 0.951. The summed E-state index contributed by atoms with van der Waals surface area (Å²) in [5.74, 6) is 0. The molecule has 0 fully saturated rings. The molecule has 4 heteroatoms. The normalized spacial score (nSPS) is 9.71. The van der Waals surface area contributed by atoms with Gasteiger partial charge in [-0.15, -0.1) is 0 Å². The quantitative estimate of drug-likeness (QED) is 0.273. The van der Waals surface area contributed by atoms with Crippen LogP contribution in [-0.2, 0) is 0 Å². The van der Waals surface area contributed by atoms with Crippen LogP contribution in [0.25, 0.3) is 0 Å². The van der Waals surface area contributed by atoms with Crippen molar-refractivity contribution in [2.24, 2.45) is 0 Å². The molecule has 0 aromatic heterocycles. The monoisotopic (exact) mass is 282 g/mol. The van der Waals surface area contributed by atoms with Crippen LogP contribution in [0.4, 0.5) is 0 Å². The fourth-order valence-electron chi connectivity index (χ4n) is 1.87. The standard InChI is InChI=1S/C13H28ClN2.ClH/c1-5-9-15(10-6-2)13(14)16(11-7-3)12-8-4;/h5-12H2,1-4H3;1H/q+1;/p-1. The van der Waals surface area contributed by atoms with E-state index in [2.05, 4.69) is 37.2 Å². The second kappa shape index (κ2) is 12.5. The molecule has 0 bridgehead atoms. The van der Waals surface area contributed by atoms with Gasteiger partial charge in [0, 0.05) is 11.6 Å². The van der Waals surface area contributed by atoms with E-state index in [-0.39, 0.29) is 12.4 Å². The summed E-state index contributed by atoms with van der Waals surface area (Å²) in [5.41, 5.74) is 0. The molecule has 0 radical (unpaired) electrons. The molecule has 0 aromatic carbocycles. The van der Waals surface area contributed by atoms with Gasteiger partial charge in [0.05, 0.1) is 26.2 Å². The average molecular weight is 283 g/mol. The van der Waals surface area contributed by atoms with E-state index in [1.807, 2.05) is 0 Å². The minimum Gasteiger partial charge on any atom is -1.00 e. The van der Waals surface area contributed by atoms with Crippen molar-refractivity contribution in [3.63, 3.8) is 0 Å². The zero-order chi connectivity index (χ0) is 12.4. The first kappa shape index (κ1) is 19.4. The zero-order valence-corrected chi connectivity index (χ0v) is 13.3. The lowest BCUT2D eigenvalue weighted by molar-refractivity contribution is -0.530. The van der Waals surface area contributed by atoms with Crippen molar-refractivity contribution in [3.8, 4) is 0 Å². The van der Waals surface area contributed by atoms with Gasteiger partial charge in [-0.2, -0.15) is 0 Å². The van der Waals surface area contributed by atoms with Gasteiger partial charge in [0.15, 0.2) is 0 Å². The van der Waals surface area contributed by atoms with Crippen LogP contribution in [-0.4, -0.2) is 40.9 Å². The van der Waals surface area contributed by atoms with Gasteiger partial charge in [0.2, 0.25) is 0 Å². The highest BCUT2D eigenvalue weighted by Gasteiger charge is 2.18. The lowest BCUT2D eigenvalue weighted by Gasteiger charge is -2.18. The van der Waals surface area contributed by atoms with E-state index in [4.69, 9.17) is 11.6 Å². The molecular weight excluding hydrogens is 255 g/mol. The van der Waals surface area contributed by atoms with Gasteiger partial charge in [0.25, 0.3) is 0 Å². The molecule has 0 atom stereocenters. The first-order valence-corrected chi connectivity index (χ1v) is 7.11. The second-order valence-corrected chi connectivity index (χ2v) is 4.58. The van der Waals surface area contributed by atoms with E-state index >= 15 is 0 Å². The molecule has 0 saturated carbocycles. The lowest BCUT2D eigenvalue weighted by atomic mass is 10.3. The van der Waals surface area contributed by atoms with Crippen LogP contribution in [0.5, 0.6) is 0 Å². The van der Waals surface area contributed by atoms with E-state index in [9.17, 15) is 0 Å². The van der Waals surface area contributed by atoms with E-state index in [0.29, 0.717) is 0 Å². The highest BCUT2D eigenvalue weighted by atomic mass is 35.5. The molecule has 0 amide bonds. The molecule has 0 aliphatic rings. The highest BCUT2D eigenvalue weighted by molar-refractivity contribution is 6.63. The van der Waals surface area contributed by atoms with Crippen LogP contribution < -0.4 is 12.4 Å². The van der Waals surface area contributed by atoms with E-state index in [0.717, 1.165) is 57.2 Å². The molecule has 2 nitrogen and oxygen atoms in total. The maximum Gasteiger partial charge on any atom is 0.345 e. The maximum atomic E-state index is 6.50. The SMILES string of the molecule is CCCN(CCC)C(Cl)=[N+](CCC)CCC.[Cl-]. The largest absolute Gasteiger partial charge is 1.00 e. The van der Waals surface area contributed by atoms with E-state index < -0.39 is 0 Å². The maximum absolute atomic E-state index is 6.50. The lowest BCUT2D eigenvalue weighted by Crippen LogP contribution is -3.00. The van der Waals surface area contributed by atoms with Crippen molar-refractivity contribution < 1.29 is 17.0 Å². The summed E-state index contributed by atoms with van der Waals surface area (Å²) >= 11 is 6.50. The number of halogens is 2. The molecule has 0 N–H and O–H groups in total. The average Bonchev–Trinajstić information content (AvgIpc) is 2.27. The van der Waals surface area contributed by atoms with E-state index in [1.165, 1.54) is 0 Å². The van der Waals surface area contributed by atoms with Crippen molar-refractivity contribution >= 4 is 16.9 Å². The van der Waals surface area contributed by atoms with Crippen LogP contribution in [0.3, 0.4) is 0 Å². The zero-order valence-electron chi connectivity index (χ0n) is 11.8. The smallest absolute Gasteiger partial charge is 0.345 e. The van der Waals surface area contributed by atoms with E-state index in [1.54, 1.807) is 0 Å². The summed E-state index contributed by atoms with van der Waals surface area (Å²) < 4.78 is 2.31. The van der Waals surface area contributed by atoms with Crippen LogP contribution in [0.2, 0.25) is 0 Å². The highest BCUT2D eigenvalue weighted by Crippen LogP contribution is 2.02. The fraction of sp³-hybridized carbons (Fsp3) is 0.923. The Labute approximate surface area is 118 Å². The predicted octanol–water partition coefficient (Wildman–Crippen LogP) is 0.540. The minimum absolute atomic E-state index is 0. The Balaban J connectivity index is 0. The Bertz CT molecular complexity index is 192. The molecule has 0 aliphatic carbocycles. The number of nitrogens with zero attached hydrogens (tertiary/aromatic N) is 2. The van der Waals surface area contributed by atoms with Crippen molar-refractivity contribution in [2.75, 3.05) is 26.2 Å². The number of hydrogen-bond donors (Lipinski definition) is 0. The fourth-order valence-corrected chi connectivity index (χ4v) is 2.21. The second-order valence-electron chi connectivity index (χ2n) is 4.24. The molecular formula is C13H28Cl2N2.